The fourth-order valence-electron chi connectivity index (χ4n) is 3.51. The third-order valence-corrected chi connectivity index (χ3v) is 5.75. The molecule has 0 bridgehead atoms. The molecular weight excluding hydrogens is 939 g/mol. The van der Waals surface area contributed by atoms with Gasteiger partial charge in [-0.3, -0.25) is 20.0 Å². The Labute approximate surface area is 390 Å². The third kappa shape index (κ3) is 40.4. The molecule has 0 unspecified atom stereocenters. The van der Waals surface area contributed by atoms with Crippen molar-refractivity contribution in [2.75, 3.05) is 54.6 Å². The van der Waals surface area contributed by atoms with Crippen LogP contribution in [0, 0.1) is 0 Å². The first-order valence-electron chi connectivity index (χ1n) is 16.2. The number of benzene rings is 4. The van der Waals surface area contributed by atoms with Gasteiger partial charge >= 0.3 is 52.5 Å². The molecular formula is C40H48N6Ni2O8S2Zn. The van der Waals surface area contributed by atoms with Crippen LogP contribution in [0.1, 0.15) is 35.1 Å². The summed E-state index contributed by atoms with van der Waals surface area (Å²) < 4.78 is 0. The third-order valence-electron chi connectivity index (χ3n) is 5.75. The Morgan fingerprint density at radius 1 is 0.441 bits per heavy atom. The molecule has 0 aliphatic rings. The molecule has 0 heterocycles. The van der Waals surface area contributed by atoms with Crippen molar-refractivity contribution in [3.63, 3.8) is 0 Å². The molecule has 0 saturated carbocycles. The first-order chi connectivity index (χ1) is 27.4. The van der Waals surface area contributed by atoms with E-state index in [9.17, 15) is 20.4 Å². The molecule has 0 aliphatic carbocycles. The summed E-state index contributed by atoms with van der Waals surface area (Å²) in [6, 6.07) is 27.2. The van der Waals surface area contributed by atoms with Gasteiger partial charge in [-0.25, -0.2) is 0 Å². The molecule has 0 fully saturated rings. The topological polar surface area (TPSA) is 267 Å². The molecule has 0 aromatic heterocycles. The minimum absolute atomic E-state index is 0. The molecule has 0 aliphatic heterocycles. The van der Waals surface area contributed by atoms with Crippen LogP contribution < -0.4 is 20.4 Å². The van der Waals surface area contributed by atoms with Gasteiger partial charge in [0.1, 0.15) is 0 Å². The molecule has 4 N–H and O–H groups in total. The summed E-state index contributed by atoms with van der Waals surface area (Å²) in [5.74, 6) is -0.0877. The van der Waals surface area contributed by atoms with Crippen molar-refractivity contribution in [1.82, 2.24) is 0 Å². The summed E-state index contributed by atoms with van der Waals surface area (Å²) in [7, 11) is 4.00. The average molecular weight is 988 g/mol. The maximum atomic E-state index is 11.4. The van der Waals surface area contributed by atoms with Gasteiger partial charge in [0.25, 0.3) is 0 Å². The van der Waals surface area contributed by atoms with Crippen molar-refractivity contribution in [2.45, 2.75) is 12.8 Å². The van der Waals surface area contributed by atoms with E-state index in [1.165, 1.54) is 34.6 Å². The van der Waals surface area contributed by atoms with Crippen molar-refractivity contribution >= 4 is 59.6 Å². The number of hydrogen-bond acceptors (Lipinski definition) is 14. The van der Waals surface area contributed by atoms with Crippen LogP contribution in [0.15, 0.2) is 117 Å². The molecule has 0 amide bonds. The summed E-state index contributed by atoms with van der Waals surface area (Å²) in [5.41, 5.74) is 2.39. The smallest absolute Gasteiger partial charge is 0.872 e. The van der Waals surface area contributed by atoms with Gasteiger partial charge in [0.05, 0.1) is 0 Å². The number of hydrogen-bond donors (Lipinski definition) is 4. The van der Waals surface area contributed by atoms with Gasteiger partial charge in [-0.15, -0.1) is 23.0 Å². The van der Waals surface area contributed by atoms with E-state index >= 15 is 0 Å². The van der Waals surface area contributed by atoms with Crippen LogP contribution in [0.25, 0.3) is 10.8 Å². The maximum Gasteiger partial charge on any atom is 2.00 e. The number of thiocarbonyl (C=S) groups is 2. The van der Waals surface area contributed by atoms with Crippen LogP contribution in [0.4, 0.5) is 0 Å². The van der Waals surface area contributed by atoms with Crippen molar-refractivity contribution in [3.8, 4) is 23.0 Å². The molecule has 0 saturated heterocycles. The van der Waals surface area contributed by atoms with Crippen molar-refractivity contribution in [1.29, 1.82) is 0 Å². The predicted molar refractivity (Wildman–Crippen MR) is 227 cm³/mol. The second kappa shape index (κ2) is 55.9. The van der Waals surface area contributed by atoms with E-state index < -0.39 is 0 Å². The Morgan fingerprint density at radius 3 is 0.746 bits per heavy atom. The largest absolute Gasteiger partial charge is 2.00 e. The van der Waals surface area contributed by atoms with Crippen molar-refractivity contribution in [3.05, 3.63) is 130 Å². The zero-order valence-corrected chi connectivity index (χ0v) is 39.6. The van der Waals surface area contributed by atoms with Crippen LogP contribution >= 0.6 is 24.4 Å². The zero-order chi connectivity index (χ0) is 43.2. The summed E-state index contributed by atoms with van der Waals surface area (Å²) in [6.07, 6.45) is 7.93. The fourth-order valence-corrected chi connectivity index (χ4v) is 3.51. The molecule has 0 spiro atoms. The number of nitrogens with zero attached hydrogens (tertiary/aromatic N) is 6. The van der Waals surface area contributed by atoms with Crippen molar-refractivity contribution < 1.29 is 93.3 Å². The maximum absolute atomic E-state index is 11.4. The molecule has 4 aromatic rings. The van der Waals surface area contributed by atoms with E-state index in [-0.39, 0.29) is 75.5 Å². The van der Waals surface area contributed by atoms with E-state index in [2.05, 4.69) is 44.4 Å². The minimum Gasteiger partial charge on any atom is -0.872 e. The SMILES string of the molecule is CO.CO.CO.CO.[N-]=C=S.[N-]=C=S.[Ni+2].[Ni+2].[O-]c1ccccc1C=NCCCN=Cc1ccccc1[O-].[O-]c1ccccc1C=NCCCN=Cc1ccccc1[O-].[Zn+2]. The number of para-hydroxylation sites is 4. The van der Waals surface area contributed by atoms with E-state index in [1.807, 2.05) is 24.3 Å². The monoisotopic (exact) mass is 984 g/mol. The van der Waals surface area contributed by atoms with Gasteiger partial charge in [-0.1, -0.05) is 121 Å². The van der Waals surface area contributed by atoms with Crippen LogP contribution in [0.5, 0.6) is 23.0 Å². The summed E-state index contributed by atoms with van der Waals surface area (Å²) in [6.45, 7) is 2.41. The van der Waals surface area contributed by atoms with E-state index in [1.54, 1.807) is 73.4 Å². The van der Waals surface area contributed by atoms with E-state index in [4.69, 9.17) is 31.2 Å². The normalized spacial score (nSPS) is 8.81. The Balaban J connectivity index is -0.000000135. The number of aliphatic hydroxyl groups excluding tert-OH is 4. The van der Waals surface area contributed by atoms with Crippen LogP contribution in [-0.4, -0.2) is 110 Å². The molecule has 59 heavy (non-hydrogen) atoms. The Kier molecular flexibility index (Phi) is 65.8. The quantitative estimate of drug-likeness (QED) is 0.0697. The summed E-state index contributed by atoms with van der Waals surface area (Å²) >= 11 is 7.40. The molecule has 4 rings (SSSR count). The van der Waals surface area contributed by atoms with Gasteiger partial charge < -0.3 is 51.7 Å². The van der Waals surface area contributed by atoms with Gasteiger partial charge in [0.2, 0.25) is 0 Å². The molecule has 0 radical (unpaired) electrons. The molecule has 4 aromatic carbocycles. The number of aliphatic hydroxyl groups is 4. The van der Waals surface area contributed by atoms with Gasteiger partial charge in [-0.2, -0.15) is 10.3 Å². The minimum atomic E-state index is -0.0219. The standard InChI is InChI=1S/2C17H18N2O2.2CNS.4CH4O.2Ni.Zn/c2*20-16-8-3-1-6-14(16)12-18-10-5-11-19-13-15-7-2-4-9-17(15)21;2*2-1-3;4*1-2;;;/h2*1-4,6-9,12-13,20-21H,5,10-11H2;;;4*2H,1H3;;;/q;;2*-1;;;;;3*+2/p-4. The predicted octanol–water partition coefficient (Wildman–Crippen LogP) is 3.27. The number of isothiocyanates is 2. The second-order valence-corrected chi connectivity index (χ2v) is 9.55. The van der Waals surface area contributed by atoms with E-state index in [0.29, 0.717) is 48.4 Å². The Morgan fingerprint density at radius 2 is 0.593 bits per heavy atom. The van der Waals surface area contributed by atoms with Gasteiger partial charge in [-0.05, 0) is 35.1 Å². The second-order valence-electron chi connectivity index (χ2n) is 9.18. The summed E-state index contributed by atoms with van der Waals surface area (Å²) in [4.78, 5) is 16.8. The Hall–Kier alpha value is -4.19. The Bertz CT molecular complexity index is 1500. The zero-order valence-electron chi connectivity index (χ0n) is 33.1. The average Bonchev–Trinajstić information content (AvgIpc) is 3.23. The van der Waals surface area contributed by atoms with Crippen LogP contribution in [0.2, 0.25) is 0 Å². The van der Waals surface area contributed by atoms with Gasteiger partial charge in [0.15, 0.2) is 0 Å². The summed E-state index contributed by atoms with van der Waals surface area (Å²) in [5, 5.41) is 90.7. The van der Waals surface area contributed by atoms with Gasteiger partial charge in [0, 0.05) is 79.5 Å². The van der Waals surface area contributed by atoms with E-state index in [0.717, 1.165) is 41.3 Å². The van der Waals surface area contributed by atoms with Crippen LogP contribution in [-0.2, 0) is 52.5 Å². The van der Waals surface area contributed by atoms with Crippen molar-refractivity contribution in [2.24, 2.45) is 20.0 Å². The molecule has 320 valence electrons. The van der Waals surface area contributed by atoms with Crippen LogP contribution in [0.3, 0.4) is 0 Å². The number of aliphatic imine (C=N–C) groups is 4. The first-order valence-corrected chi connectivity index (χ1v) is 17.0. The number of rotatable bonds is 12. The fraction of sp³-hybridized carbons (Fsp3) is 0.250. The molecule has 0 atom stereocenters. The molecule has 14 nitrogen and oxygen atoms in total. The first kappa shape index (κ1) is 69.4. The molecule has 19 heteroatoms.